The molecule has 2 rings (SSSR count). The van der Waals surface area contributed by atoms with Gasteiger partial charge in [-0.3, -0.25) is 19.2 Å². The number of likely N-dealkylation sites (tertiary alicyclic amines) is 1. The largest absolute Gasteiger partial charge is 0.368 e. The average molecular weight is 337 g/mol. The number of rotatable bonds is 7. The number of carbonyl (C=O) groups is 4. The fourth-order valence-corrected chi connectivity index (χ4v) is 3.52. The van der Waals surface area contributed by atoms with Gasteiger partial charge in [-0.05, 0) is 25.7 Å². The van der Waals surface area contributed by atoms with Gasteiger partial charge in [0.05, 0.1) is 0 Å². The number of nitrogens with two attached hydrogens (primary N) is 1. The Morgan fingerprint density at radius 1 is 1.33 bits per heavy atom. The number of Topliss-reactive ketones (excluding diaryl/α,β-unsaturated/α-hetero) is 1. The van der Waals surface area contributed by atoms with Gasteiger partial charge < -0.3 is 16.0 Å². The molecule has 24 heavy (non-hydrogen) atoms. The molecule has 0 aromatic rings. The summed E-state index contributed by atoms with van der Waals surface area (Å²) in [7, 11) is 0. The molecule has 1 aliphatic carbocycles. The van der Waals surface area contributed by atoms with E-state index in [0.717, 1.165) is 19.3 Å². The third-order valence-corrected chi connectivity index (χ3v) is 4.94. The van der Waals surface area contributed by atoms with Crippen molar-refractivity contribution in [3.63, 3.8) is 0 Å². The number of nitrogens with one attached hydrogen (secondary N) is 1. The number of primary amides is 1. The van der Waals surface area contributed by atoms with Gasteiger partial charge in [-0.25, -0.2) is 0 Å². The highest BCUT2D eigenvalue weighted by atomic mass is 16.2. The van der Waals surface area contributed by atoms with E-state index in [9.17, 15) is 19.2 Å². The second-order valence-electron chi connectivity index (χ2n) is 6.77. The van der Waals surface area contributed by atoms with Gasteiger partial charge in [0.25, 0.3) is 0 Å². The predicted octanol–water partition coefficient (Wildman–Crippen LogP) is 0.507. The first-order chi connectivity index (χ1) is 11.4. The molecule has 7 heteroatoms. The Morgan fingerprint density at radius 2 is 2.08 bits per heavy atom. The Morgan fingerprint density at radius 3 is 2.67 bits per heavy atom. The van der Waals surface area contributed by atoms with Crippen LogP contribution in [-0.4, -0.2) is 47.0 Å². The van der Waals surface area contributed by atoms with Crippen molar-refractivity contribution in [2.75, 3.05) is 6.54 Å². The molecular formula is C17H27N3O4. The van der Waals surface area contributed by atoms with Crippen LogP contribution in [0.2, 0.25) is 0 Å². The Bertz CT molecular complexity index is 520. The Labute approximate surface area is 142 Å². The second kappa shape index (κ2) is 8.26. The van der Waals surface area contributed by atoms with Gasteiger partial charge in [0, 0.05) is 25.3 Å². The molecule has 0 bridgehead atoms. The highest BCUT2D eigenvalue weighted by molar-refractivity contribution is 5.94. The van der Waals surface area contributed by atoms with Gasteiger partial charge in [0.15, 0.2) is 0 Å². The van der Waals surface area contributed by atoms with E-state index in [1.54, 1.807) is 0 Å². The molecule has 0 spiro atoms. The molecule has 0 unspecified atom stereocenters. The lowest BCUT2D eigenvalue weighted by Crippen LogP contribution is -2.53. The number of nitrogens with zero attached hydrogens (tertiary/aromatic N) is 1. The van der Waals surface area contributed by atoms with Crippen LogP contribution < -0.4 is 11.1 Å². The van der Waals surface area contributed by atoms with E-state index in [1.165, 1.54) is 4.90 Å². The molecule has 1 saturated heterocycles. The molecule has 1 saturated carbocycles. The molecule has 0 radical (unpaired) electrons. The summed E-state index contributed by atoms with van der Waals surface area (Å²) in [4.78, 5) is 49.6. The molecule has 0 aromatic heterocycles. The summed E-state index contributed by atoms with van der Waals surface area (Å²) in [6.45, 7) is 2.51. The number of unbranched alkanes of at least 4 members (excludes halogenated alkanes) is 1. The molecule has 1 heterocycles. The van der Waals surface area contributed by atoms with Crippen molar-refractivity contribution in [3.05, 3.63) is 0 Å². The molecule has 2 aliphatic rings. The van der Waals surface area contributed by atoms with E-state index >= 15 is 0 Å². The number of ketones is 1. The zero-order valence-electron chi connectivity index (χ0n) is 14.3. The van der Waals surface area contributed by atoms with Crippen LogP contribution in [0.4, 0.5) is 0 Å². The highest BCUT2D eigenvalue weighted by Crippen LogP contribution is 2.23. The molecular weight excluding hydrogens is 310 g/mol. The van der Waals surface area contributed by atoms with Crippen molar-refractivity contribution in [1.29, 1.82) is 0 Å². The zero-order chi connectivity index (χ0) is 17.7. The van der Waals surface area contributed by atoms with Gasteiger partial charge in [-0.1, -0.05) is 19.8 Å². The molecule has 1 aliphatic heterocycles. The lowest BCUT2D eigenvalue weighted by molar-refractivity contribution is -0.141. The summed E-state index contributed by atoms with van der Waals surface area (Å²) in [5, 5.41) is 2.82. The van der Waals surface area contributed by atoms with Gasteiger partial charge >= 0.3 is 0 Å². The van der Waals surface area contributed by atoms with E-state index in [-0.39, 0.29) is 29.9 Å². The van der Waals surface area contributed by atoms with Crippen LogP contribution in [0.15, 0.2) is 0 Å². The van der Waals surface area contributed by atoms with E-state index in [0.29, 0.717) is 32.2 Å². The maximum Gasteiger partial charge on any atom is 0.245 e. The quantitative estimate of drug-likeness (QED) is 0.705. The van der Waals surface area contributed by atoms with Gasteiger partial charge in [-0.2, -0.15) is 0 Å². The standard InChI is InChI=1S/C17H27N3O4/c1-2-3-5-13(19-16(23)11-7-8-12(21)10-11)17(24)20-9-4-6-14(20)15(18)22/h11,13-14H,2-10H2,1H3,(H2,18,22)(H,19,23)/t11-,13+,14+/m1/s1. The fraction of sp³-hybridized carbons (Fsp3) is 0.765. The molecule has 7 nitrogen and oxygen atoms in total. The van der Waals surface area contributed by atoms with Crippen LogP contribution in [0.25, 0.3) is 0 Å². The lowest BCUT2D eigenvalue weighted by Gasteiger charge is -2.28. The molecule has 3 N–H and O–H groups in total. The van der Waals surface area contributed by atoms with Crippen LogP contribution in [0.1, 0.15) is 58.3 Å². The number of hydrogen-bond donors (Lipinski definition) is 2. The Balaban J connectivity index is 2.03. The van der Waals surface area contributed by atoms with Crippen molar-refractivity contribution in [2.45, 2.75) is 70.4 Å². The van der Waals surface area contributed by atoms with Gasteiger partial charge in [0.1, 0.15) is 17.9 Å². The Kier molecular flexibility index (Phi) is 6.34. The van der Waals surface area contributed by atoms with Crippen LogP contribution in [-0.2, 0) is 19.2 Å². The molecule has 2 fully saturated rings. The van der Waals surface area contributed by atoms with Crippen molar-refractivity contribution < 1.29 is 19.2 Å². The SMILES string of the molecule is CCCC[C@H](NC(=O)[C@@H]1CCC(=O)C1)C(=O)N1CCC[C@H]1C(N)=O. The minimum Gasteiger partial charge on any atom is -0.368 e. The second-order valence-corrected chi connectivity index (χ2v) is 6.77. The maximum atomic E-state index is 12.8. The normalized spacial score (nSPS) is 24.9. The first kappa shape index (κ1) is 18.4. The number of amides is 3. The first-order valence-electron chi connectivity index (χ1n) is 8.86. The van der Waals surface area contributed by atoms with Crippen molar-refractivity contribution in [2.24, 2.45) is 11.7 Å². The summed E-state index contributed by atoms with van der Waals surface area (Å²) < 4.78 is 0. The molecule has 0 aromatic carbocycles. The summed E-state index contributed by atoms with van der Waals surface area (Å²) in [5.41, 5.74) is 5.38. The Hall–Kier alpha value is -1.92. The summed E-state index contributed by atoms with van der Waals surface area (Å²) in [5.74, 6) is -1.20. The van der Waals surface area contributed by atoms with Crippen LogP contribution in [0.5, 0.6) is 0 Å². The third-order valence-electron chi connectivity index (χ3n) is 4.94. The van der Waals surface area contributed by atoms with Crippen molar-refractivity contribution in [3.8, 4) is 0 Å². The average Bonchev–Trinajstić information content (AvgIpc) is 3.19. The number of hydrogen-bond acceptors (Lipinski definition) is 4. The molecule has 3 atom stereocenters. The van der Waals surface area contributed by atoms with E-state index in [4.69, 9.17) is 5.73 Å². The van der Waals surface area contributed by atoms with Crippen molar-refractivity contribution >= 4 is 23.5 Å². The third kappa shape index (κ3) is 4.33. The van der Waals surface area contributed by atoms with Gasteiger partial charge in [-0.15, -0.1) is 0 Å². The smallest absolute Gasteiger partial charge is 0.245 e. The van der Waals surface area contributed by atoms with E-state index in [1.807, 2.05) is 6.92 Å². The fourth-order valence-electron chi connectivity index (χ4n) is 3.52. The van der Waals surface area contributed by atoms with Crippen LogP contribution in [0, 0.1) is 5.92 Å². The summed E-state index contributed by atoms with van der Waals surface area (Å²) >= 11 is 0. The van der Waals surface area contributed by atoms with Gasteiger partial charge in [0.2, 0.25) is 17.7 Å². The van der Waals surface area contributed by atoms with E-state index < -0.39 is 18.0 Å². The lowest BCUT2D eigenvalue weighted by atomic mass is 10.0. The monoisotopic (exact) mass is 337 g/mol. The topological polar surface area (TPSA) is 110 Å². The summed E-state index contributed by atoms with van der Waals surface area (Å²) in [6.07, 6.45) is 4.79. The molecule has 134 valence electrons. The minimum atomic E-state index is -0.645. The zero-order valence-corrected chi connectivity index (χ0v) is 14.3. The minimum absolute atomic E-state index is 0.0971. The van der Waals surface area contributed by atoms with E-state index in [2.05, 4.69) is 5.32 Å². The van der Waals surface area contributed by atoms with Crippen LogP contribution >= 0.6 is 0 Å². The number of carbonyl (C=O) groups excluding carboxylic acids is 4. The predicted molar refractivity (Wildman–Crippen MR) is 87.7 cm³/mol. The highest BCUT2D eigenvalue weighted by Gasteiger charge is 2.37. The first-order valence-corrected chi connectivity index (χ1v) is 8.86. The molecule has 3 amide bonds. The summed E-state index contributed by atoms with van der Waals surface area (Å²) in [6, 6.07) is -1.22. The van der Waals surface area contributed by atoms with Crippen molar-refractivity contribution in [1.82, 2.24) is 10.2 Å². The van der Waals surface area contributed by atoms with Crippen LogP contribution in [0.3, 0.4) is 0 Å². The maximum absolute atomic E-state index is 12.8.